The predicted molar refractivity (Wildman–Crippen MR) is 83.0 cm³/mol. The third-order valence-electron chi connectivity index (χ3n) is 3.81. The molecule has 1 aliphatic rings. The molecule has 8 heteroatoms. The van der Waals surface area contributed by atoms with E-state index in [-0.39, 0.29) is 6.10 Å². The van der Waals surface area contributed by atoms with Crippen LogP contribution in [0.15, 0.2) is 27.3 Å². The number of hydrogen-bond acceptors (Lipinski definition) is 7. The zero-order valence-electron chi connectivity index (χ0n) is 12.3. The van der Waals surface area contributed by atoms with E-state index in [1.54, 1.807) is 18.3 Å². The van der Waals surface area contributed by atoms with Crippen LogP contribution < -0.4 is 5.32 Å². The maximum atomic E-state index is 6.04. The lowest BCUT2D eigenvalue weighted by Gasteiger charge is -2.22. The number of piperidine rings is 1. The topological polar surface area (TPSA) is 86.2 Å². The molecular formula is C15H15ClN4O3. The molecule has 0 radical (unpaired) electrons. The Labute approximate surface area is 137 Å². The molecule has 0 amide bonds. The lowest BCUT2D eigenvalue weighted by molar-refractivity contribution is 0.0170. The van der Waals surface area contributed by atoms with Crippen molar-refractivity contribution in [3.05, 3.63) is 29.3 Å². The summed E-state index contributed by atoms with van der Waals surface area (Å²) in [5, 5.41) is 8.33. The Balaban J connectivity index is 1.49. The van der Waals surface area contributed by atoms with Crippen molar-refractivity contribution in [3.8, 4) is 11.7 Å². The van der Waals surface area contributed by atoms with E-state index in [9.17, 15) is 0 Å². The van der Waals surface area contributed by atoms with Crippen LogP contribution in [0.3, 0.4) is 0 Å². The molecule has 0 bridgehead atoms. The van der Waals surface area contributed by atoms with Crippen molar-refractivity contribution in [3.63, 3.8) is 0 Å². The van der Waals surface area contributed by atoms with Crippen molar-refractivity contribution in [2.75, 3.05) is 13.1 Å². The number of pyridine rings is 1. The first kappa shape index (κ1) is 14.6. The van der Waals surface area contributed by atoms with Crippen LogP contribution in [0.5, 0.6) is 0 Å². The van der Waals surface area contributed by atoms with Gasteiger partial charge in [0.05, 0.1) is 11.5 Å². The lowest BCUT2D eigenvalue weighted by atomic mass is 10.1. The number of fused-ring (bicyclic) bond motifs is 1. The Morgan fingerprint density at radius 3 is 3.04 bits per heavy atom. The summed E-state index contributed by atoms with van der Waals surface area (Å²) in [6.07, 6.45) is 3.83. The maximum Gasteiger partial charge on any atom is 0.293 e. The van der Waals surface area contributed by atoms with Gasteiger partial charge >= 0.3 is 0 Å². The molecule has 1 aliphatic heterocycles. The monoisotopic (exact) mass is 334 g/mol. The Morgan fingerprint density at radius 2 is 2.22 bits per heavy atom. The summed E-state index contributed by atoms with van der Waals surface area (Å²) in [5.74, 6) is 1.28. The number of hydrogen-bond donors (Lipinski definition) is 1. The number of aromatic nitrogens is 3. The van der Waals surface area contributed by atoms with Crippen LogP contribution >= 0.6 is 11.6 Å². The molecule has 7 nitrogen and oxygen atoms in total. The molecule has 4 rings (SSSR count). The van der Waals surface area contributed by atoms with Crippen LogP contribution in [-0.4, -0.2) is 34.3 Å². The molecule has 3 aromatic heterocycles. The van der Waals surface area contributed by atoms with E-state index in [4.69, 9.17) is 25.3 Å². The van der Waals surface area contributed by atoms with Gasteiger partial charge in [-0.2, -0.15) is 4.98 Å². The fraction of sp³-hybridized carbons (Fsp3) is 0.400. The Hall–Kier alpha value is -1.96. The van der Waals surface area contributed by atoms with Crippen molar-refractivity contribution in [1.29, 1.82) is 0 Å². The van der Waals surface area contributed by atoms with E-state index in [1.807, 2.05) is 0 Å². The average Bonchev–Trinajstić information content (AvgIpc) is 3.21. The van der Waals surface area contributed by atoms with Crippen LogP contribution in [-0.2, 0) is 11.3 Å². The summed E-state index contributed by atoms with van der Waals surface area (Å²) in [7, 11) is 0. The van der Waals surface area contributed by atoms with Gasteiger partial charge in [-0.15, -0.1) is 0 Å². The highest BCUT2D eigenvalue weighted by Gasteiger charge is 2.18. The summed E-state index contributed by atoms with van der Waals surface area (Å²) >= 11 is 6.04. The Morgan fingerprint density at radius 1 is 1.35 bits per heavy atom. The minimum atomic E-state index is 0.245. The SMILES string of the molecule is Clc1nccc2oc(-c3nc(COC4CCNCC4)no3)cc12. The van der Waals surface area contributed by atoms with Gasteiger partial charge in [-0.25, -0.2) is 4.98 Å². The summed E-state index contributed by atoms with van der Waals surface area (Å²) < 4.78 is 16.7. The van der Waals surface area contributed by atoms with Gasteiger partial charge in [-0.05, 0) is 32.0 Å². The molecule has 0 aromatic carbocycles. The number of nitrogens with zero attached hydrogens (tertiary/aromatic N) is 3. The molecule has 1 saturated heterocycles. The second-order valence-electron chi connectivity index (χ2n) is 5.40. The van der Waals surface area contributed by atoms with Crippen molar-refractivity contribution < 1.29 is 13.7 Å². The second-order valence-corrected chi connectivity index (χ2v) is 5.76. The van der Waals surface area contributed by atoms with Crippen LogP contribution in [0.4, 0.5) is 0 Å². The van der Waals surface area contributed by atoms with Gasteiger partial charge in [0, 0.05) is 12.3 Å². The number of nitrogens with one attached hydrogen (secondary N) is 1. The third-order valence-corrected chi connectivity index (χ3v) is 4.11. The maximum absolute atomic E-state index is 6.04. The molecule has 1 N–H and O–H groups in total. The second kappa shape index (κ2) is 6.27. The molecule has 3 aromatic rings. The smallest absolute Gasteiger partial charge is 0.293 e. The van der Waals surface area contributed by atoms with E-state index in [0.717, 1.165) is 31.3 Å². The van der Waals surface area contributed by atoms with E-state index in [2.05, 4.69) is 20.4 Å². The molecular weight excluding hydrogens is 320 g/mol. The molecule has 0 spiro atoms. The van der Waals surface area contributed by atoms with E-state index < -0.39 is 0 Å². The third kappa shape index (κ3) is 3.08. The van der Waals surface area contributed by atoms with Gasteiger partial charge in [-0.3, -0.25) is 0 Å². The minimum Gasteiger partial charge on any atom is -0.451 e. The average molecular weight is 335 g/mol. The number of furan rings is 1. The standard InChI is InChI=1S/C15H15ClN4O3/c16-14-10-7-12(22-11(10)3-6-18-14)15-19-13(20-23-15)8-21-9-1-4-17-5-2-9/h3,6-7,9,17H,1-2,4-5,8H2. The predicted octanol–water partition coefficient (Wildman–Crippen LogP) is 2.80. The highest BCUT2D eigenvalue weighted by Crippen LogP contribution is 2.30. The van der Waals surface area contributed by atoms with Crippen molar-refractivity contribution in [2.24, 2.45) is 0 Å². The zero-order chi connectivity index (χ0) is 15.6. The largest absolute Gasteiger partial charge is 0.451 e. The molecule has 0 unspecified atom stereocenters. The van der Waals surface area contributed by atoms with Crippen molar-refractivity contribution >= 4 is 22.6 Å². The number of halogens is 1. The van der Waals surface area contributed by atoms with Crippen LogP contribution in [0, 0.1) is 0 Å². The zero-order valence-corrected chi connectivity index (χ0v) is 13.0. The van der Waals surface area contributed by atoms with Crippen molar-refractivity contribution in [1.82, 2.24) is 20.4 Å². The molecule has 0 saturated carbocycles. The summed E-state index contributed by atoms with van der Waals surface area (Å²) in [5.41, 5.74) is 0.630. The van der Waals surface area contributed by atoms with Gasteiger partial charge in [0.2, 0.25) is 0 Å². The first-order chi connectivity index (χ1) is 11.3. The van der Waals surface area contributed by atoms with E-state index >= 15 is 0 Å². The van der Waals surface area contributed by atoms with Gasteiger partial charge in [0.1, 0.15) is 17.3 Å². The quantitative estimate of drug-likeness (QED) is 0.734. The van der Waals surface area contributed by atoms with Crippen LogP contribution in [0.25, 0.3) is 22.6 Å². The number of rotatable bonds is 4. The summed E-state index contributed by atoms with van der Waals surface area (Å²) in [6, 6.07) is 3.48. The van der Waals surface area contributed by atoms with Crippen LogP contribution in [0.1, 0.15) is 18.7 Å². The van der Waals surface area contributed by atoms with E-state index in [1.165, 1.54) is 0 Å². The molecule has 1 fully saturated rings. The molecule has 23 heavy (non-hydrogen) atoms. The normalized spacial score (nSPS) is 16.2. The highest BCUT2D eigenvalue weighted by atomic mass is 35.5. The fourth-order valence-corrected chi connectivity index (χ4v) is 2.81. The van der Waals surface area contributed by atoms with E-state index in [0.29, 0.717) is 34.8 Å². The summed E-state index contributed by atoms with van der Waals surface area (Å²) in [4.78, 5) is 8.33. The summed E-state index contributed by atoms with van der Waals surface area (Å²) in [6.45, 7) is 2.29. The molecule has 4 heterocycles. The fourth-order valence-electron chi connectivity index (χ4n) is 2.60. The Bertz CT molecular complexity index is 810. The molecule has 0 aliphatic carbocycles. The Kier molecular flexibility index (Phi) is 3.99. The van der Waals surface area contributed by atoms with Gasteiger partial charge in [0.15, 0.2) is 11.6 Å². The first-order valence-corrected chi connectivity index (χ1v) is 7.87. The van der Waals surface area contributed by atoms with Crippen molar-refractivity contribution in [2.45, 2.75) is 25.6 Å². The van der Waals surface area contributed by atoms with Gasteiger partial charge in [0.25, 0.3) is 5.89 Å². The highest BCUT2D eigenvalue weighted by molar-refractivity contribution is 6.34. The molecule has 120 valence electrons. The number of ether oxygens (including phenoxy) is 1. The lowest BCUT2D eigenvalue weighted by Crippen LogP contribution is -2.32. The van der Waals surface area contributed by atoms with Gasteiger partial charge < -0.3 is 19.0 Å². The first-order valence-electron chi connectivity index (χ1n) is 7.49. The van der Waals surface area contributed by atoms with Crippen LogP contribution in [0.2, 0.25) is 5.15 Å². The van der Waals surface area contributed by atoms with Gasteiger partial charge in [-0.1, -0.05) is 16.8 Å². The minimum absolute atomic E-state index is 0.245. The molecule has 0 atom stereocenters.